The highest BCUT2D eigenvalue weighted by Gasteiger charge is 2.24. The number of nitrogens with one attached hydrogen (secondary N) is 1. The summed E-state index contributed by atoms with van der Waals surface area (Å²) in [5, 5.41) is 3.97. The molecule has 2 heterocycles. The lowest BCUT2D eigenvalue weighted by molar-refractivity contribution is -0.157. The zero-order chi connectivity index (χ0) is 25.1. The number of morpholine rings is 1. The van der Waals surface area contributed by atoms with Crippen LogP contribution in [0.1, 0.15) is 32.6 Å². The average Bonchev–Trinajstić information content (AvgIpc) is 3.35. The molecule has 0 amide bonds. The van der Waals surface area contributed by atoms with Crippen molar-refractivity contribution in [3.8, 4) is 11.5 Å². The van der Waals surface area contributed by atoms with E-state index in [1.807, 2.05) is 24.0 Å². The normalized spacial score (nSPS) is 18.9. The maximum atomic E-state index is 13.6. The molecule has 1 aliphatic heterocycles. The summed E-state index contributed by atoms with van der Waals surface area (Å²) in [6, 6.07) is 8.14. The van der Waals surface area contributed by atoms with Crippen LogP contribution in [0.3, 0.4) is 0 Å². The Balaban J connectivity index is 1.39. The molecule has 8 nitrogen and oxygen atoms in total. The quantitative estimate of drug-likeness (QED) is 0.415. The predicted molar refractivity (Wildman–Crippen MR) is 135 cm³/mol. The standard InChI is InChI=1S/C26H28ClFN4O4/c1-16-13-32(14-25(33)35-16)8-9-34-23-12-22-19(11-24(23)36-18-4-2-3-5-18)26(30-15-29-22)31-17-6-7-21(28)20(27)10-17/h6-7,10-12,15-16,18H,2-5,8-9,13-14H2,1H3,(H,29,30,31)/t16-/m0/s1. The van der Waals surface area contributed by atoms with Gasteiger partial charge in [-0.15, -0.1) is 0 Å². The monoisotopic (exact) mass is 514 g/mol. The molecular formula is C26H28ClFN4O4. The van der Waals surface area contributed by atoms with Crippen molar-refractivity contribution in [2.45, 2.75) is 44.8 Å². The van der Waals surface area contributed by atoms with E-state index in [4.69, 9.17) is 25.8 Å². The van der Waals surface area contributed by atoms with Gasteiger partial charge in [-0.3, -0.25) is 9.69 Å². The van der Waals surface area contributed by atoms with Crippen molar-refractivity contribution in [1.29, 1.82) is 0 Å². The molecule has 2 aromatic carbocycles. The number of ether oxygens (including phenoxy) is 3. The number of carbonyl (C=O) groups is 1. The van der Waals surface area contributed by atoms with E-state index in [-0.39, 0.29) is 29.7 Å². The Bertz CT molecular complexity index is 1250. The van der Waals surface area contributed by atoms with Gasteiger partial charge in [0, 0.05) is 30.2 Å². The first-order valence-corrected chi connectivity index (χ1v) is 12.5. The number of benzene rings is 2. The fourth-order valence-electron chi connectivity index (χ4n) is 4.63. The van der Waals surface area contributed by atoms with E-state index in [9.17, 15) is 9.18 Å². The Morgan fingerprint density at radius 1 is 1.19 bits per heavy atom. The van der Waals surface area contributed by atoms with Gasteiger partial charge in [-0.05, 0) is 56.9 Å². The number of anilines is 2. The lowest BCUT2D eigenvalue weighted by Gasteiger charge is -2.30. The minimum Gasteiger partial charge on any atom is -0.488 e. The van der Waals surface area contributed by atoms with Gasteiger partial charge in [-0.2, -0.15) is 0 Å². The smallest absolute Gasteiger partial charge is 0.320 e. The highest BCUT2D eigenvalue weighted by molar-refractivity contribution is 6.31. The van der Waals surface area contributed by atoms with Gasteiger partial charge in [0.25, 0.3) is 0 Å². The van der Waals surface area contributed by atoms with E-state index in [2.05, 4.69) is 15.3 Å². The van der Waals surface area contributed by atoms with Crippen LogP contribution >= 0.6 is 11.6 Å². The number of hydrogen-bond acceptors (Lipinski definition) is 8. The third kappa shape index (κ3) is 5.79. The van der Waals surface area contributed by atoms with Gasteiger partial charge in [-0.25, -0.2) is 14.4 Å². The van der Waals surface area contributed by atoms with Crippen molar-refractivity contribution >= 4 is 40.0 Å². The second kappa shape index (κ2) is 10.8. The molecule has 10 heteroatoms. The number of aromatic nitrogens is 2. The first-order valence-electron chi connectivity index (χ1n) is 12.2. The molecule has 1 saturated heterocycles. The minimum atomic E-state index is -0.486. The average molecular weight is 515 g/mol. The zero-order valence-electron chi connectivity index (χ0n) is 20.0. The summed E-state index contributed by atoms with van der Waals surface area (Å²) in [6.45, 7) is 3.78. The van der Waals surface area contributed by atoms with Crippen LogP contribution in [0, 0.1) is 5.82 Å². The fourth-order valence-corrected chi connectivity index (χ4v) is 4.81. The van der Waals surface area contributed by atoms with E-state index in [1.165, 1.54) is 18.5 Å². The van der Waals surface area contributed by atoms with Crippen molar-refractivity contribution in [3.05, 3.63) is 47.5 Å². The van der Waals surface area contributed by atoms with Crippen molar-refractivity contribution in [2.24, 2.45) is 0 Å². The van der Waals surface area contributed by atoms with Crippen LogP contribution < -0.4 is 14.8 Å². The van der Waals surface area contributed by atoms with Crippen LogP contribution in [0.5, 0.6) is 11.5 Å². The van der Waals surface area contributed by atoms with Gasteiger partial charge >= 0.3 is 5.97 Å². The number of rotatable bonds is 8. The van der Waals surface area contributed by atoms with E-state index >= 15 is 0 Å². The Kier molecular flexibility index (Phi) is 7.38. The molecule has 36 heavy (non-hydrogen) atoms. The Morgan fingerprint density at radius 2 is 2.03 bits per heavy atom. The number of esters is 1. The van der Waals surface area contributed by atoms with E-state index in [0.29, 0.717) is 48.2 Å². The number of hydrogen-bond donors (Lipinski definition) is 1. The zero-order valence-corrected chi connectivity index (χ0v) is 20.8. The first kappa shape index (κ1) is 24.5. The van der Waals surface area contributed by atoms with Crippen LogP contribution in [-0.4, -0.2) is 59.3 Å². The maximum absolute atomic E-state index is 13.6. The summed E-state index contributed by atoms with van der Waals surface area (Å²) in [5.74, 6) is 1.06. The second-order valence-electron chi connectivity index (χ2n) is 9.20. The van der Waals surface area contributed by atoms with Crippen molar-refractivity contribution in [2.75, 3.05) is 31.6 Å². The Labute approximate surface area is 213 Å². The molecule has 190 valence electrons. The van der Waals surface area contributed by atoms with Gasteiger partial charge < -0.3 is 19.5 Å². The molecule has 1 saturated carbocycles. The van der Waals surface area contributed by atoms with Gasteiger partial charge in [0.15, 0.2) is 11.5 Å². The molecule has 2 aliphatic rings. The lowest BCUT2D eigenvalue weighted by Crippen LogP contribution is -2.45. The van der Waals surface area contributed by atoms with Crippen LogP contribution in [0.4, 0.5) is 15.9 Å². The van der Waals surface area contributed by atoms with Gasteiger partial charge in [0.1, 0.15) is 30.7 Å². The second-order valence-corrected chi connectivity index (χ2v) is 9.61. The molecular weight excluding hydrogens is 487 g/mol. The molecule has 3 aromatic rings. The fraction of sp³-hybridized carbons (Fsp3) is 0.423. The molecule has 2 fully saturated rings. The third-order valence-corrected chi connectivity index (χ3v) is 6.63. The SMILES string of the molecule is C[C@H]1CN(CCOc2cc3ncnc(Nc4ccc(F)c(Cl)c4)c3cc2OC2CCCC2)CC(=O)O1. The number of fused-ring (bicyclic) bond motifs is 1. The molecule has 0 bridgehead atoms. The van der Waals surface area contributed by atoms with Crippen LogP contribution in [0.25, 0.3) is 10.9 Å². The molecule has 0 spiro atoms. The van der Waals surface area contributed by atoms with Gasteiger partial charge in [-0.1, -0.05) is 11.6 Å². The summed E-state index contributed by atoms with van der Waals surface area (Å²) in [5.41, 5.74) is 1.28. The topological polar surface area (TPSA) is 85.8 Å². The van der Waals surface area contributed by atoms with Gasteiger partial charge in [0.05, 0.1) is 23.2 Å². The summed E-state index contributed by atoms with van der Waals surface area (Å²) in [7, 11) is 0. The molecule has 0 unspecified atom stereocenters. The van der Waals surface area contributed by atoms with Crippen molar-refractivity contribution in [1.82, 2.24) is 14.9 Å². The molecule has 1 aromatic heterocycles. The maximum Gasteiger partial charge on any atom is 0.320 e. The number of nitrogens with zero attached hydrogens (tertiary/aromatic N) is 3. The Morgan fingerprint density at radius 3 is 2.81 bits per heavy atom. The predicted octanol–water partition coefficient (Wildman–Crippen LogP) is 5.11. The van der Waals surface area contributed by atoms with Gasteiger partial charge in [0.2, 0.25) is 0 Å². The van der Waals surface area contributed by atoms with Crippen LogP contribution in [0.2, 0.25) is 5.02 Å². The van der Waals surface area contributed by atoms with E-state index in [1.54, 1.807) is 6.07 Å². The molecule has 1 N–H and O–H groups in total. The number of halogens is 2. The summed E-state index contributed by atoms with van der Waals surface area (Å²) < 4.78 is 31.3. The van der Waals surface area contributed by atoms with E-state index < -0.39 is 5.82 Å². The highest BCUT2D eigenvalue weighted by Crippen LogP contribution is 2.37. The molecule has 5 rings (SSSR count). The van der Waals surface area contributed by atoms with Crippen LogP contribution in [-0.2, 0) is 9.53 Å². The summed E-state index contributed by atoms with van der Waals surface area (Å²) in [6.07, 6.45) is 5.72. The van der Waals surface area contributed by atoms with Crippen molar-refractivity contribution < 1.29 is 23.4 Å². The lowest BCUT2D eigenvalue weighted by atomic mass is 10.2. The number of cyclic esters (lactones) is 1. The number of carbonyl (C=O) groups excluding carboxylic acids is 1. The van der Waals surface area contributed by atoms with Crippen molar-refractivity contribution in [3.63, 3.8) is 0 Å². The Hall–Kier alpha value is -3.17. The molecule has 1 aliphatic carbocycles. The highest BCUT2D eigenvalue weighted by atomic mass is 35.5. The van der Waals surface area contributed by atoms with E-state index in [0.717, 1.165) is 31.1 Å². The largest absolute Gasteiger partial charge is 0.488 e. The first-order chi connectivity index (χ1) is 17.4. The summed E-state index contributed by atoms with van der Waals surface area (Å²) >= 11 is 5.95. The minimum absolute atomic E-state index is 0.0238. The molecule has 1 atom stereocenters. The molecule has 0 radical (unpaired) electrons. The summed E-state index contributed by atoms with van der Waals surface area (Å²) in [4.78, 5) is 22.6. The third-order valence-electron chi connectivity index (χ3n) is 6.34. The van der Waals surface area contributed by atoms with Crippen LogP contribution in [0.15, 0.2) is 36.7 Å².